The summed E-state index contributed by atoms with van der Waals surface area (Å²) in [5, 5.41) is 21.6. The van der Waals surface area contributed by atoms with Gasteiger partial charge >= 0.3 is 5.97 Å². The number of hydrogen-bond acceptors (Lipinski definition) is 3. The first-order valence-corrected chi connectivity index (χ1v) is 6.88. The van der Waals surface area contributed by atoms with E-state index in [0.717, 1.165) is 0 Å². The lowest BCUT2D eigenvalue weighted by Crippen LogP contribution is -2.12. The lowest BCUT2D eigenvalue weighted by Gasteiger charge is -2.09. The molecule has 0 fully saturated rings. The second-order valence-electron chi connectivity index (χ2n) is 4.12. The molecule has 108 valence electrons. The van der Waals surface area contributed by atoms with Gasteiger partial charge in [0.1, 0.15) is 5.56 Å². The molecule has 0 aliphatic carbocycles. The highest BCUT2D eigenvalue weighted by Gasteiger charge is 2.15. The maximum Gasteiger partial charge on any atom is 0.339 e. The first-order chi connectivity index (χ1) is 9.88. The Labute approximate surface area is 133 Å². The van der Waals surface area contributed by atoms with Crippen molar-refractivity contribution in [3.8, 4) is 5.75 Å². The van der Waals surface area contributed by atoms with E-state index in [-0.39, 0.29) is 16.8 Å². The van der Waals surface area contributed by atoms with Crippen molar-refractivity contribution in [2.75, 3.05) is 5.32 Å². The summed E-state index contributed by atoms with van der Waals surface area (Å²) in [6.45, 7) is 0. The Kier molecular flexibility index (Phi) is 4.50. The Hall–Kier alpha value is -2.05. The van der Waals surface area contributed by atoms with Gasteiger partial charge in [-0.25, -0.2) is 4.79 Å². The molecular formula is C14H9BrClNO4. The standard InChI is InChI=1S/C14H9BrClNO4/c15-8-4-7(5-9(16)6-8)13(19)17-11-3-1-2-10(12(11)18)14(20)21/h1-6,18H,(H,17,19)(H,20,21). The first-order valence-electron chi connectivity index (χ1n) is 5.71. The van der Waals surface area contributed by atoms with Crippen LogP contribution >= 0.6 is 27.5 Å². The number of aromatic hydroxyl groups is 1. The van der Waals surface area contributed by atoms with Crippen LogP contribution in [-0.2, 0) is 0 Å². The molecule has 1 amide bonds. The van der Waals surface area contributed by atoms with Crippen LogP contribution in [0, 0.1) is 0 Å². The monoisotopic (exact) mass is 369 g/mol. The first kappa shape index (κ1) is 15.3. The predicted molar refractivity (Wildman–Crippen MR) is 82.2 cm³/mol. The zero-order valence-corrected chi connectivity index (χ0v) is 12.8. The van der Waals surface area contributed by atoms with Gasteiger partial charge in [0.15, 0.2) is 5.75 Å². The van der Waals surface area contributed by atoms with Crippen LogP contribution in [0.4, 0.5) is 5.69 Å². The number of phenols is 1. The molecule has 2 rings (SSSR count). The van der Waals surface area contributed by atoms with Gasteiger partial charge in [-0.1, -0.05) is 33.6 Å². The molecule has 0 saturated carbocycles. The molecule has 0 aliphatic heterocycles. The topological polar surface area (TPSA) is 86.6 Å². The number of para-hydroxylation sites is 1. The summed E-state index contributed by atoms with van der Waals surface area (Å²) >= 11 is 9.08. The van der Waals surface area contributed by atoms with Gasteiger partial charge in [0.2, 0.25) is 0 Å². The van der Waals surface area contributed by atoms with Gasteiger partial charge in [0.25, 0.3) is 5.91 Å². The lowest BCUT2D eigenvalue weighted by atomic mass is 10.1. The highest BCUT2D eigenvalue weighted by molar-refractivity contribution is 9.10. The van der Waals surface area contributed by atoms with E-state index in [9.17, 15) is 14.7 Å². The quantitative estimate of drug-likeness (QED) is 0.718. The largest absolute Gasteiger partial charge is 0.505 e. The molecule has 0 aromatic heterocycles. The summed E-state index contributed by atoms with van der Waals surface area (Å²) < 4.78 is 0.628. The van der Waals surface area contributed by atoms with Crippen LogP contribution in [0.15, 0.2) is 40.9 Å². The van der Waals surface area contributed by atoms with E-state index < -0.39 is 17.6 Å². The number of carbonyl (C=O) groups is 2. The van der Waals surface area contributed by atoms with Crippen LogP contribution in [0.1, 0.15) is 20.7 Å². The second kappa shape index (κ2) is 6.15. The van der Waals surface area contributed by atoms with Crippen molar-refractivity contribution >= 4 is 45.1 Å². The molecule has 0 aliphatic rings. The van der Waals surface area contributed by atoms with Gasteiger partial charge < -0.3 is 15.5 Å². The highest BCUT2D eigenvalue weighted by Crippen LogP contribution is 2.28. The van der Waals surface area contributed by atoms with Crippen molar-refractivity contribution < 1.29 is 19.8 Å². The highest BCUT2D eigenvalue weighted by atomic mass is 79.9. The number of carbonyl (C=O) groups excluding carboxylic acids is 1. The minimum atomic E-state index is -1.28. The number of carboxylic acid groups (broad SMARTS) is 1. The summed E-state index contributed by atoms with van der Waals surface area (Å²) in [7, 11) is 0. The van der Waals surface area contributed by atoms with Gasteiger partial charge in [-0.05, 0) is 30.3 Å². The van der Waals surface area contributed by atoms with Crippen molar-refractivity contribution in [3.63, 3.8) is 0 Å². The molecule has 7 heteroatoms. The average molecular weight is 371 g/mol. The third kappa shape index (κ3) is 3.53. The smallest absolute Gasteiger partial charge is 0.339 e. The van der Waals surface area contributed by atoms with E-state index in [1.54, 1.807) is 12.1 Å². The van der Waals surface area contributed by atoms with Gasteiger partial charge in [-0.3, -0.25) is 4.79 Å². The molecule has 0 saturated heterocycles. The summed E-state index contributed by atoms with van der Waals surface area (Å²) in [5.74, 6) is -2.30. The van der Waals surface area contributed by atoms with Crippen molar-refractivity contribution in [1.82, 2.24) is 0 Å². The Bertz CT molecular complexity index is 713. The average Bonchev–Trinajstić information content (AvgIpc) is 2.39. The maximum atomic E-state index is 12.1. The van der Waals surface area contributed by atoms with Gasteiger partial charge in [0.05, 0.1) is 5.69 Å². The van der Waals surface area contributed by atoms with Crippen LogP contribution in [0.25, 0.3) is 0 Å². The summed E-state index contributed by atoms with van der Waals surface area (Å²) in [6.07, 6.45) is 0. The van der Waals surface area contributed by atoms with Gasteiger partial charge in [-0.2, -0.15) is 0 Å². The van der Waals surface area contributed by atoms with Crippen LogP contribution in [-0.4, -0.2) is 22.1 Å². The normalized spacial score (nSPS) is 10.2. The fraction of sp³-hybridized carbons (Fsp3) is 0. The number of anilines is 1. The molecule has 5 nitrogen and oxygen atoms in total. The minimum absolute atomic E-state index is 0.0102. The number of halogens is 2. The SMILES string of the molecule is O=C(Nc1cccc(C(=O)O)c1O)c1cc(Cl)cc(Br)c1. The van der Waals surface area contributed by atoms with Crippen molar-refractivity contribution in [2.45, 2.75) is 0 Å². The van der Waals surface area contributed by atoms with E-state index >= 15 is 0 Å². The number of benzene rings is 2. The summed E-state index contributed by atoms with van der Waals surface area (Å²) in [4.78, 5) is 23.0. The number of carboxylic acids is 1. The Morgan fingerprint density at radius 1 is 1.19 bits per heavy atom. The van der Waals surface area contributed by atoms with E-state index in [1.165, 1.54) is 24.3 Å². The Morgan fingerprint density at radius 2 is 1.90 bits per heavy atom. The lowest BCUT2D eigenvalue weighted by molar-refractivity contribution is 0.0693. The molecule has 3 N–H and O–H groups in total. The van der Waals surface area contributed by atoms with E-state index in [1.807, 2.05) is 0 Å². The van der Waals surface area contributed by atoms with Crippen molar-refractivity contribution in [3.05, 3.63) is 57.0 Å². The third-order valence-electron chi connectivity index (χ3n) is 2.64. The number of amides is 1. The van der Waals surface area contributed by atoms with Crippen LogP contribution in [0.2, 0.25) is 5.02 Å². The van der Waals surface area contributed by atoms with Crippen LogP contribution in [0.3, 0.4) is 0 Å². The Balaban J connectivity index is 2.32. The van der Waals surface area contributed by atoms with Crippen molar-refractivity contribution in [1.29, 1.82) is 0 Å². The van der Waals surface area contributed by atoms with Gasteiger partial charge in [0, 0.05) is 15.1 Å². The van der Waals surface area contributed by atoms with Crippen LogP contribution < -0.4 is 5.32 Å². The third-order valence-corrected chi connectivity index (χ3v) is 3.32. The molecule has 21 heavy (non-hydrogen) atoms. The molecule has 0 heterocycles. The van der Waals surface area contributed by atoms with E-state index in [2.05, 4.69) is 21.2 Å². The molecule has 0 atom stereocenters. The van der Waals surface area contributed by atoms with Crippen LogP contribution in [0.5, 0.6) is 5.75 Å². The second-order valence-corrected chi connectivity index (χ2v) is 5.47. The zero-order valence-electron chi connectivity index (χ0n) is 10.4. The fourth-order valence-corrected chi connectivity index (χ4v) is 2.56. The van der Waals surface area contributed by atoms with Crippen molar-refractivity contribution in [2.24, 2.45) is 0 Å². The summed E-state index contributed by atoms with van der Waals surface area (Å²) in [5.41, 5.74) is -0.00873. The fourth-order valence-electron chi connectivity index (χ4n) is 1.70. The number of nitrogens with one attached hydrogen (secondary N) is 1. The number of aromatic carboxylic acids is 1. The van der Waals surface area contributed by atoms with E-state index in [4.69, 9.17) is 16.7 Å². The molecule has 0 bridgehead atoms. The molecular weight excluding hydrogens is 362 g/mol. The van der Waals surface area contributed by atoms with Gasteiger partial charge in [-0.15, -0.1) is 0 Å². The Morgan fingerprint density at radius 3 is 2.52 bits per heavy atom. The molecule has 2 aromatic carbocycles. The summed E-state index contributed by atoms with van der Waals surface area (Å²) in [6, 6.07) is 8.70. The maximum absolute atomic E-state index is 12.1. The molecule has 2 aromatic rings. The molecule has 0 radical (unpaired) electrons. The number of rotatable bonds is 3. The minimum Gasteiger partial charge on any atom is -0.505 e. The zero-order chi connectivity index (χ0) is 15.6. The number of hydrogen-bond donors (Lipinski definition) is 3. The van der Waals surface area contributed by atoms with E-state index in [0.29, 0.717) is 9.50 Å². The predicted octanol–water partition coefficient (Wildman–Crippen LogP) is 3.76. The molecule has 0 unspecified atom stereocenters. The molecule has 0 spiro atoms.